The number of pyridine rings is 1. The van der Waals surface area contributed by atoms with Crippen LogP contribution in [0.5, 0.6) is 0 Å². The van der Waals surface area contributed by atoms with Crippen molar-refractivity contribution in [1.29, 1.82) is 0 Å². The van der Waals surface area contributed by atoms with Crippen LogP contribution in [0.25, 0.3) is 10.9 Å². The van der Waals surface area contributed by atoms with E-state index in [2.05, 4.69) is 20.1 Å². The number of rotatable bonds is 1. The summed E-state index contributed by atoms with van der Waals surface area (Å²) < 4.78 is 5.41. The molecule has 0 radical (unpaired) electrons. The van der Waals surface area contributed by atoms with Crippen LogP contribution in [0.1, 0.15) is 20.8 Å². The van der Waals surface area contributed by atoms with Crippen LogP contribution in [0.15, 0.2) is 18.5 Å². The van der Waals surface area contributed by atoms with Gasteiger partial charge in [0.15, 0.2) is 5.82 Å². The van der Waals surface area contributed by atoms with Gasteiger partial charge in [0.05, 0.1) is 11.7 Å². The molecule has 118 valence electrons. The second-order valence-corrected chi connectivity index (χ2v) is 6.42. The Kier molecular flexibility index (Phi) is 3.64. The number of carbonyl (C=O) groups is 1. The highest BCUT2D eigenvalue weighted by Crippen LogP contribution is 2.24. The zero-order chi connectivity index (χ0) is 15.7. The number of amides is 1. The fourth-order valence-corrected chi connectivity index (χ4v) is 2.52. The Labute approximate surface area is 129 Å². The van der Waals surface area contributed by atoms with E-state index in [9.17, 15) is 4.79 Å². The van der Waals surface area contributed by atoms with Gasteiger partial charge in [0.1, 0.15) is 5.60 Å². The van der Waals surface area contributed by atoms with Gasteiger partial charge in [0.25, 0.3) is 0 Å². The van der Waals surface area contributed by atoms with Gasteiger partial charge in [-0.05, 0) is 26.8 Å². The molecule has 1 aliphatic rings. The standard InChI is InChI=1S/C15H21N5O2/c1-15(2,3)22-14(21)20-8-6-19(7-9-20)13-11-4-5-16-10-12(11)17-18-13/h4-5,10H,6-9H2,1-3H3,(H,17,18). The number of hydrogen-bond donors (Lipinski definition) is 1. The largest absolute Gasteiger partial charge is 0.444 e. The van der Waals surface area contributed by atoms with Crippen LogP contribution in [0.3, 0.4) is 0 Å². The number of anilines is 1. The minimum Gasteiger partial charge on any atom is -0.444 e. The number of ether oxygens (including phenoxy) is 1. The first kappa shape index (κ1) is 14.6. The van der Waals surface area contributed by atoms with Gasteiger partial charge in [0.2, 0.25) is 0 Å². The molecule has 2 aromatic rings. The Balaban J connectivity index is 1.66. The summed E-state index contributed by atoms with van der Waals surface area (Å²) in [6.45, 7) is 8.38. The molecule has 7 heteroatoms. The molecule has 1 amide bonds. The second kappa shape index (κ2) is 5.47. The monoisotopic (exact) mass is 303 g/mol. The van der Waals surface area contributed by atoms with Gasteiger partial charge in [-0.1, -0.05) is 0 Å². The van der Waals surface area contributed by atoms with Crippen molar-refractivity contribution < 1.29 is 9.53 Å². The Bertz CT molecular complexity index is 668. The number of piperazine rings is 1. The topological polar surface area (TPSA) is 74.3 Å². The summed E-state index contributed by atoms with van der Waals surface area (Å²) in [5, 5.41) is 8.42. The zero-order valence-corrected chi connectivity index (χ0v) is 13.2. The third kappa shape index (κ3) is 2.98. The van der Waals surface area contributed by atoms with E-state index in [1.165, 1.54) is 0 Å². The number of fused-ring (bicyclic) bond motifs is 1. The summed E-state index contributed by atoms with van der Waals surface area (Å²) in [4.78, 5) is 20.1. The van der Waals surface area contributed by atoms with Gasteiger partial charge in [-0.15, -0.1) is 0 Å². The van der Waals surface area contributed by atoms with Crippen LogP contribution < -0.4 is 4.90 Å². The van der Waals surface area contributed by atoms with Crippen molar-refractivity contribution in [2.45, 2.75) is 26.4 Å². The molecule has 0 aromatic carbocycles. The molecule has 0 spiro atoms. The molecule has 0 aliphatic carbocycles. The number of aromatic amines is 1. The van der Waals surface area contributed by atoms with E-state index < -0.39 is 5.60 Å². The lowest BCUT2D eigenvalue weighted by atomic mass is 10.2. The summed E-state index contributed by atoms with van der Waals surface area (Å²) in [7, 11) is 0. The van der Waals surface area contributed by atoms with E-state index in [1.54, 1.807) is 17.3 Å². The van der Waals surface area contributed by atoms with Crippen LogP contribution in [0, 0.1) is 0 Å². The lowest BCUT2D eigenvalue weighted by Crippen LogP contribution is -2.50. The SMILES string of the molecule is CC(C)(C)OC(=O)N1CCN(c2n[nH]c3cnccc23)CC1. The number of carbonyl (C=O) groups excluding carboxylic acids is 1. The summed E-state index contributed by atoms with van der Waals surface area (Å²) >= 11 is 0. The maximum Gasteiger partial charge on any atom is 0.410 e. The molecule has 0 unspecified atom stereocenters. The van der Waals surface area contributed by atoms with Gasteiger partial charge >= 0.3 is 6.09 Å². The van der Waals surface area contributed by atoms with Crippen molar-refractivity contribution in [2.75, 3.05) is 31.1 Å². The molecule has 7 nitrogen and oxygen atoms in total. The molecule has 0 atom stereocenters. The predicted molar refractivity (Wildman–Crippen MR) is 83.9 cm³/mol. The van der Waals surface area contributed by atoms with Crippen LogP contribution in [-0.2, 0) is 4.74 Å². The third-order valence-corrected chi connectivity index (χ3v) is 3.58. The summed E-state index contributed by atoms with van der Waals surface area (Å²) in [5.74, 6) is 0.918. The van der Waals surface area contributed by atoms with E-state index in [-0.39, 0.29) is 6.09 Å². The highest BCUT2D eigenvalue weighted by Gasteiger charge is 2.27. The zero-order valence-electron chi connectivity index (χ0n) is 13.2. The minimum absolute atomic E-state index is 0.247. The van der Waals surface area contributed by atoms with Gasteiger partial charge in [-0.25, -0.2) is 4.79 Å². The van der Waals surface area contributed by atoms with Crippen molar-refractivity contribution in [3.8, 4) is 0 Å². The highest BCUT2D eigenvalue weighted by atomic mass is 16.6. The Morgan fingerprint density at radius 2 is 2.00 bits per heavy atom. The average molecular weight is 303 g/mol. The summed E-state index contributed by atoms with van der Waals surface area (Å²) in [5.41, 5.74) is 0.464. The van der Waals surface area contributed by atoms with E-state index >= 15 is 0 Å². The lowest BCUT2D eigenvalue weighted by molar-refractivity contribution is 0.0240. The smallest absolute Gasteiger partial charge is 0.410 e. The first-order valence-electron chi connectivity index (χ1n) is 7.45. The van der Waals surface area contributed by atoms with Gasteiger partial charge in [-0.2, -0.15) is 5.10 Å². The fraction of sp³-hybridized carbons (Fsp3) is 0.533. The fourth-order valence-electron chi connectivity index (χ4n) is 2.52. The average Bonchev–Trinajstić information content (AvgIpc) is 2.89. The van der Waals surface area contributed by atoms with E-state index in [1.807, 2.05) is 26.8 Å². The van der Waals surface area contributed by atoms with Crippen molar-refractivity contribution in [1.82, 2.24) is 20.1 Å². The van der Waals surface area contributed by atoms with E-state index in [0.29, 0.717) is 13.1 Å². The number of nitrogens with zero attached hydrogens (tertiary/aromatic N) is 4. The van der Waals surface area contributed by atoms with Crippen molar-refractivity contribution in [3.05, 3.63) is 18.5 Å². The molecule has 0 bridgehead atoms. The molecular formula is C15H21N5O2. The number of aromatic nitrogens is 3. The van der Waals surface area contributed by atoms with Crippen LogP contribution >= 0.6 is 0 Å². The Morgan fingerprint density at radius 1 is 1.27 bits per heavy atom. The molecule has 1 fully saturated rings. The predicted octanol–water partition coefficient (Wildman–Crippen LogP) is 2.01. The van der Waals surface area contributed by atoms with Crippen molar-refractivity contribution >= 4 is 22.8 Å². The van der Waals surface area contributed by atoms with Crippen molar-refractivity contribution in [3.63, 3.8) is 0 Å². The van der Waals surface area contributed by atoms with Gasteiger partial charge in [0, 0.05) is 37.8 Å². The Morgan fingerprint density at radius 3 is 2.68 bits per heavy atom. The highest BCUT2D eigenvalue weighted by molar-refractivity contribution is 5.89. The number of hydrogen-bond acceptors (Lipinski definition) is 5. The first-order chi connectivity index (χ1) is 10.4. The van der Waals surface area contributed by atoms with Crippen LogP contribution in [-0.4, -0.2) is 58.0 Å². The molecule has 0 saturated carbocycles. The summed E-state index contributed by atoms with van der Waals surface area (Å²) in [6, 6.07) is 1.95. The molecule has 2 aromatic heterocycles. The van der Waals surface area contributed by atoms with Crippen LogP contribution in [0.2, 0.25) is 0 Å². The quantitative estimate of drug-likeness (QED) is 0.872. The van der Waals surface area contributed by atoms with Gasteiger partial charge < -0.3 is 14.5 Å². The summed E-state index contributed by atoms with van der Waals surface area (Å²) in [6.07, 6.45) is 3.28. The number of nitrogens with one attached hydrogen (secondary N) is 1. The molecule has 3 rings (SSSR count). The number of H-pyrrole nitrogens is 1. The molecular weight excluding hydrogens is 282 g/mol. The van der Waals surface area contributed by atoms with E-state index in [0.717, 1.165) is 29.8 Å². The van der Waals surface area contributed by atoms with Gasteiger partial charge in [-0.3, -0.25) is 10.1 Å². The maximum atomic E-state index is 12.1. The lowest BCUT2D eigenvalue weighted by Gasteiger charge is -2.35. The molecule has 22 heavy (non-hydrogen) atoms. The molecule has 1 N–H and O–H groups in total. The third-order valence-electron chi connectivity index (χ3n) is 3.58. The normalized spacial score (nSPS) is 16.1. The van der Waals surface area contributed by atoms with Crippen LogP contribution in [0.4, 0.5) is 10.6 Å². The molecule has 1 saturated heterocycles. The second-order valence-electron chi connectivity index (χ2n) is 6.42. The molecule has 1 aliphatic heterocycles. The maximum absolute atomic E-state index is 12.1. The Hall–Kier alpha value is -2.31. The van der Waals surface area contributed by atoms with E-state index in [4.69, 9.17) is 4.74 Å². The van der Waals surface area contributed by atoms with Crippen molar-refractivity contribution in [2.24, 2.45) is 0 Å². The minimum atomic E-state index is -0.459. The first-order valence-corrected chi connectivity index (χ1v) is 7.45. The molecule has 3 heterocycles.